The number of carboxylic acids is 1. The summed E-state index contributed by atoms with van der Waals surface area (Å²) in [4.78, 5) is 10.3. The molecule has 1 rings (SSSR count). The van der Waals surface area contributed by atoms with Crippen LogP contribution in [-0.4, -0.2) is 23.9 Å². The molecule has 0 aliphatic rings. The average Bonchev–Trinajstić information content (AvgIpc) is 2.18. The topological polar surface area (TPSA) is 46.5 Å². The lowest BCUT2D eigenvalue weighted by molar-refractivity contribution is -0.225. The molecule has 94 valence electrons. The number of hydrogen-bond acceptors (Lipinski definition) is 2. The van der Waals surface area contributed by atoms with Crippen LogP contribution < -0.4 is 0 Å². The first-order chi connectivity index (χ1) is 7.82. The van der Waals surface area contributed by atoms with Crippen LogP contribution in [0.1, 0.15) is 17.2 Å². The molecule has 6 heteroatoms. The zero-order valence-corrected chi connectivity index (χ0v) is 8.99. The smallest absolute Gasteiger partial charge is 0.418 e. The first-order valence-corrected chi connectivity index (χ1v) is 4.78. The van der Waals surface area contributed by atoms with Gasteiger partial charge in [-0.3, -0.25) is 0 Å². The van der Waals surface area contributed by atoms with Gasteiger partial charge in [-0.05, 0) is 18.1 Å². The zero-order chi connectivity index (χ0) is 13.1. The van der Waals surface area contributed by atoms with Crippen LogP contribution in [0.15, 0.2) is 24.3 Å². The third-order valence-electron chi connectivity index (χ3n) is 2.14. The summed E-state index contributed by atoms with van der Waals surface area (Å²) in [6, 6.07) is 5.84. The van der Waals surface area contributed by atoms with Gasteiger partial charge in [-0.25, -0.2) is 4.79 Å². The highest BCUT2D eigenvalue weighted by atomic mass is 19.4. The normalized spacial score (nSPS) is 13.4. The number of benzene rings is 1. The molecule has 0 unspecified atom stereocenters. The SMILES string of the molecule is Cc1ccccc1[C@@H](OCC(=O)O)C(F)(F)F. The van der Waals surface area contributed by atoms with Crippen LogP contribution in [-0.2, 0) is 9.53 Å². The molecule has 0 bridgehead atoms. The largest absolute Gasteiger partial charge is 0.480 e. The number of aryl methyl sites for hydroxylation is 1. The Morgan fingerprint density at radius 1 is 1.41 bits per heavy atom. The Balaban J connectivity index is 2.99. The van der Waals surface area contributed by atoms with Crippen molar-refractivity contribution >= 4 is 5.97 Å². The lowest BCUT2D eigenvalue weighted by Gasteiger charge is -2.21. The summed E-state index contributed by atoms with van der Waals surface area (Å²) in [6.45, 7) is 0.525. The van der Waals surface area contributed by atoms with Crippen molar-refractivity contribution in [1.82, 2.24) is 0 Å². The fraction of sp³-hybridized carbons (Fsp3) is 0.364. The van der Waals surface area contributed by atoms with Crippen molar-refractivity contribution in [3.8, 4) is 0 Å². The second-order valence-corrected chi connectivity index (χ2v) is 3.48. The Kier molecular flexibility index (Phi) is 4.11. The van der Waals surface area contributed by atoms with E-state index in [1.54, 1.807) is 6.07 Å². The molecule has 0 saturated carbocycles. The van der Waals surface area contributed by atoms with Crippen LogP contribution in [0.3, 0.4) is 0 Å². The Bertz CT molecular complexity index is 401. The Labute approximate surface area is 95.8 Å². The van der Waals surface area contributed by atoms with Crippen molar-refractivity contribution in [2.45, 2.75) is 19.2 Å². The molecule has 0 aromatic heterocycles. The minimum absolute atomic E-state index is 0.0683. The molecule has 0 spiro atoms. The Hall–Kier alpha value is -1.56. The molecule has 0 fully saturated rings. The van der Waals surface area contributed by atoms with Crippen molar-refractivity contribution in [1.29, 1.82) is 0 Å². The second-order valence-electron chi connectivity index (χ2n) is 3.48. The highest BCUT2D eigenvalue weighted by Gasteiger charge is 2.42. The fourth-order valence-corrected chi connectivity index (χ4v) is 1.40. The van der Waals surface area contributed by atoms with Gasteiger partial charge in [0.15, 0.2) is 6.10 Å². The van der Waals surface area contributed by atoms with Gasteiger partial charge in [-0.15, -0.1) is 0 Å². The monoisotopic (exact) mass is 248 g/mol. The van der Waals surface area contributed by atoms with E-state index in [1.165, 1.54) is 25.1 Å². The molecule has 0 saturated heterocycles. The molecule has 0 amide bonds. The predicted octanol–water partition coefficient (Wildman–Crippen LogP) is 2.70. The van der Waals surface area contributed by atoms with Crippen molar-refractivity contribution in [3.63, 3.8) is 0 Å². The van der Waals surface area contributed by atoms with Crippen LogP contribution in [0.2, 0.25) is 0 Å². The molecule has 1 N–H and O–H groups in total. The average molecular weight is 248 g/mol. The van der Waals surface area contributed by atoms with Crippen molar-refractivity contribution in [2.75, 3.05) is 6.61 Å². The first kappa shape index (κ1) is 13.5. The van der Waals surface area contributed by atoms with Crippen LogP contribution in [0.25, 0.3) is 0 Å². The maximum absolute atomic E-state index is 12.7. The highest BCUT2D eigenvalue weighted by Crippen LogP contribution is 2.36. The molecule has 3 nitrogen and oxygen atoms in total. The molecule has 1 aromatic rings. The summed E-state index contributed by atoms with van der Waals surface area (Å²) in [7, 11) is 0. The highest BCUT2D eigenvalue weighted by molar-refractivity contribution is 5.68. The van der Waals surface area contributed by atoms with E-state index in [9.17, 15) is 18.0 Å². The summed E-state index contributed by atoms with van der Waals surface area (Å²) in [5.41, 5.74) is 0.335. The molecular formula is C11H11F3O3. The molecule has 0 radical (unpaired) electrons. The maximum atomic E-state index is 12.7. The number of aliphatic carboxylic acids is 1. The summed E-state index contributed by atoms with van der Waals surface area (Å²) in [5, 5.41) is 8.35. The minimum Gasteiger partial charge on any atom is -0.480 e. The van der Waals surface area contributed by atoms with Crippen molar-refractivity contribution < 1.29 is 27.8 Å². The number of carbonyl (C=O) groups is 1. The standard InChI is InChI=1S/C11H11F3O3/c1-7-4-2-3-5-8(7)10(11(12,13)14)17-6-9(15)16/h2-5,10H,6H2,1H3,(H,15,16)/t10-/m1/s1. The van der Waals surface area contributed by atoms with Crippen LogP contribution >= 0.6 is 0 Å². The van der Waals surface area contributed by atoms with Crippen molar-refractivity contribution in [3.05, 3.63) is 35.4 Å². The van der Waals surface area contributed by atoms with Gasteiger partial charge in [-0.1, -0.05) is 24.3 Å². The van der Waals surface area contributed by atoms with Gasteiger partial charge in [0.2, 0.25) is 0 Å². The minimum atomic E-state index is -4.64. The van der Waals surface area contributed by atoms with E-state index in [2.05, 4.69) is 4.74 Å². The lowest BCUT2D eigenvalue weighted by Crippen LogP contribution is -2.26. The van der Waals surface area contributed by atoms with E-state index in [0.717, 1.165) is 0 Å². The van der Waals surface area contributed by atoms with Crippen LogP contribution in [0, 0.1) is 6.92 Å². The van der Waals surface area contributed by atoms with Gasteiger partial charge < -0.3 is 9.84 Å². The van der Waals surface area contributed by atoms with Gasteiger partial charge in [0, 0.05) is 0 Å². The number of hydrogen-bond donors (Lipinski definition) is 1. The van der Waals surface area contributed by atoms with Gasteiger partial charge in [0.1, 0.15) is 6.61 Å². The Morgan fingerprint density at radius 3 is 2.47 bits per heavy atom. The number of carboxylic acid groups (broad SMARTS) is 1. The molecule has 0 aliphatic heterocycles. The number of ether oxygens (including phenoxy) is 1. The van der Waals surface area contributed by atoms with Crippen LogP contribution in [0.4, 0.5) is 13.2 Å². The van der Waals surface area contributed by atoms with E-state index in [1.807, 2.05) is 0 Å². The summed E-state index contributed by atoms with van der Waals surface area (Å²) in [5.74, 6) is -1.44. The first-order valence-electron chi connectivity index (χ1n) is 4.78. The van der Waals surface area contributed by atoms with E-state index in [4.69, 9.17) is 5.11 Å². The Morgan fingerprint density at radius 2 is 2.00 bits per heavy atom. The van der Waals surface area contributed by atoms with Gasteiger partial charge in [-0.2, -0.15) is 13.2 Å². The summed E-state index contributed by atoms with van der Waals surface area (Å²) >= 11 is 0. The molecule has 0 aliphatic carbocycles. The van der Waals surface area contributed by atoms with Crippen LogP contribution in [0.5, 0.6) is 0 Å². The predicted molar refractivity (Wildman–Crippen MR) is 53.6 cm³/mol. The number of halogens is 3. The van der Waals surface area contributed by atoms with E-state index in [-0.39, 0.29) is 5.56 Å². The molecule has 1 atom stereocenters. The van der Waals surface area contributed by atoms with Gasteiger partial charge in [0.05, 0.1) is 0 Å². The quantitative estimate of drug-likeness (QED) is 0.891. The zero-order valence-electron chi connectivity index (χ0n) is 8.99. The van der Waals surface area contributed by atoms with E-state index in [0.29, 0.717) is 5.56 Å². The third kappa shape index (κ3) is 3.74. The number of alkyl halides is 3. The summed E-state index contributed by atoms with van der Waals surface area (Å²) in [6.07, 6.45) is -6.85. The molecule has 17 heavy (non-hydrogen) atoms. The van der Waals surface area contributed by atoms with Crippen molar-refractivity contribution in [2.24, 2.45) is 0 Å². The summed E-state index contributed by atoms with van der Waals surface area (Å²) < 4.78 is 42.6. The van der Waals surface area contributed by atoms with E-state index >= 15 is 0 Å². The second kappa shape index (κ2) is 5.18. The molecule has 1 aromatic carbocycles. The third-order valence-corrected chi connectivity index (χ3v) is 2.14. The van der Waals surface area contributed by atoms with Gasteiger partial charge >= 0.3 is 12.1 Å². The fourth-order valence-electron chi connectivity index (χ4n) is 1.40. The van der Waals surface area contributed by atoms with E-state index < -0.39 is 24.9 Å². The maximum Gasteiger partial charge on any atom is 0.418 e. The number of rotatable bonds is 4. The lowest BCUT2D eigenvalue weighted by atomic mass is 10.0. The molecular weight excluding hydrogens is 237 g/mol. The molecule has 0 heterocycles. The van der Waals surface area contributed by atoms with Gasteiger partial charge in [0.25, 0.3) is 0 Å².